The Morgan fingerprint density at radius 3 is 2.46 bits per heavy atom. The number of hydrogen-bond donors (Lipinski definition) is 0. The molecular weight excluding hydrogens is 358 g/mol. The lowest BCUT2D eigenvalue weighted by molar-refractivity contribution is -0.383. The molecule has 0 spiro atoms. The Bertz CT molecular complexity index is 930. The Hall–Kier alpha value is -3.72. The Kier molecular flexibility index (Phi) is 5.97. The maximum absolute atomic E-state index is 11.9. The summed E-state index contributed by atoms with van der Waals surface area (Å²) >= 11 is 0. The van der Waals surface area contributed by atoms with Gasteiger partial charge in [0.1, 0.15) is 6.33 Å². The third kappa shape index (κ3) is 3.99. The topological polar surface area (TPSA) is 123 Å². The minimum absolute atomic E-state index is 0.152. The molecular formula is C19H19N7O2. The molecule has 0 radical (unpaired) electrons. The van der Waals surface area contributed by atoms with E-state index in [4.69, 9.17) is 10.5 Å². The van der Waals surface area contributed by atoms with Crippen LogP contribution in [-0.2, 0) is 13.0 Å². The van der Waals surface area contributed by atoms with Crippen LogP contribution in [0, 0.1) is 32.8 Å². The average molecular weight is 377 g/mol. The lowest BCUT2D eigenvalue weighted by atomic mass is 10.00. The molecule has 2 heterocycles. The number of nitro groups is 1. The molecule has 9 heteroatoms. The number of hydrogen-bond acceptors (Lipinski definition) is 8. The number of anilines is 2. The highest BCUT2D eigenvalue weighted by Gasteiger charge is 2.31. The Balaban J connectivity index is 1.99. The van der Waals surface area contributed by atoms with Crippen molar-refractivity contribution >= 4 is 17.3 Å². The summed E-state index contributed by atoms with van der Waals surface area (Å²) in [7, 11) is 0. The van der Waals surface area contributed by atoms with Gasteiger partial charge < -0.3 is 9.80 Å². The average Bonchev–Trinajstić information content (AvgIpc) is 2.73. The van der Waals surface area contributed by atoms with Crippen molar-refractivity contribution in [2.24, 2.45) is 0 Å². The lowest BCUT2D eigenvalue weighted by Crippen LogP contribution is -2.33. The Morgan fingerprint density at radius 2 is 1.82 bits per heavy atom. The zero-order valence-corrected chi connectivity index (χ0v) is 15.3. The van der Waals surface area contributed by atoms with Crippen LogP contribution in [0.25, 0.3) is 0 Å². The van der Waals surface area contributed by atoms with E-state index in [1.165, 1.54) is 11.9 Å². The second-order valence-corrected chi connectivity index (χ2v) is 6.37. The molecule has 142 valence electrons. The summed E-state index contributed by atoms with van der Waals surface area (Å²) in [4.78, 5) is 23.3. The van der Waals surface area contributed by atoms with Gasteiger partial charge >= 0.3 is 5.69 Å². The highest BCUT2D eigenvalue weighted by molar-refractivity contribution is 5.71. The minimum Gasteiger partial charge on any atom is -0.349 e. The van der Waals surface area contributed by atoms with E-state index in [1.54, 1.807) is 4.90 Å². The molecule has 0 amide bonds. The zero-order chi connectivity index (χ0) is 19.9. The van der Waals surface area contributed by atoms with Gasteiger partial charge in [-0.05, 0) is 17.5 Å². The van der Waals surface area contributed by atoms with Gasteiger partial charge in [0, 0.05) is 26.2 Å². The summed E-state index contributed by atoms with van der Waals surface area (Å²) in [5.74, 6) is 0.419. The van der Waals surface area contributed by atoms with E-state index in [0.29, 0.717) is 13.1 Å². The molecule has 3 rings (SSSR count). The molecule has 0 atom stereocenters. The standard InChI is InChI=1S/C19H19N7O2/c20-8-3-10-24(11-4-9-21)18-17(26(27)28)19(23-14-22-18)25-12-7-15-5-1-2-6-16(15)13-25/h1-2,5-6,14H,3-4,7,10-13H2. The van der Waals surface area contributed by atoms with Crippen LogP contribution in [0.4, 0.5) is 17.3 Å². The van der Waals surface area contributed by atoms with E-state index in [0.717, 1.165) is 12.0 Å². The molecule has 0 unspecified atom stereocenters. The molecule has 1 aromatic heterocycles. The summed E-state index contributed by atoms with van der Waals surface area (Å²) in [6, 6.07) is 12.1. The van der Waals surface area contributed by atoms with Gasteiger partial charge in [-0.25, -0.2) is 9.97 Å². The highest BCUT2D eigenvalue weighted by Crippen LogP contribution is 2.36. The monoisotopic (exact) mass is 377 g/mol. The molecule has 9 nitrogen and oxygen atoms in total. The van der Waals surface area contributed by atoms with Gasteiger partial charge in [0.15, 0.2) is 0 Å². The van der Waals surface area contributed by atoms with Gasteiger partial charge in [0.25, 0.3) is 0 Å². The summed E-state index contributed by atoms with van der Waals surface area (Å²) in [5.41, 5.74) is 2.17. The first-order valence-electron chi connectivity index (χ1n) is 8.95. The SMILES string of the molecule is N#CCCN(CCC#N)c1ncnc(N2CCc3ccccc3C2)c1[N+](=O)[O-]. The first kappa shape index (κ1) is 19.1. The van der Waals surface area contributed by atoms with E-state index in [2.05, 4.69) is 16.0 Å². The fourth-order valence-corrected chi connectivity index (χ4v) is 3.36. The van der Waals surface area contributed by atoms with E-state index in [-0.39, 0.29) is 43.3 Å². The number of fused-ring (bicyclic) bond motifs is 1. The summed E-state index contributed by atoms with van der Waals surface area (Å²) in [6.45, 7) is 1.67. The third-order valence-electron chi connectivity index (χ3n) is 4.68. The van der Waals surface area contributed by atoms with Crippen molar-refractivity contribution in [3.8, 4) is 12.1 Å². The molecule has 0 saturated heterocycles. The number of nitriles is 2. The Morgan fingerprint density at radius 1 is 1.14 bits per heavy atom. The van der Waals surface area contributed by atoms with Gasteiger partial charge in [-0.15, -0.1) is 0 Å². The predicted molar refractivity (Wildman–Crippen MR) is 103 cm³/mol. The molecule has 0 saturated carbocycles. The predicted octanol–water partition coefficient (Wildman–Crippen LogP) is 2.58. The van der Waals surface area contributed by atoms with Crippen molar-refractivity contribution < 1.29 is 4.92 Å². The fraction of sp³-hybridized carbons (Fsp3) is 0.368. The van der Waals surface area contributed by atoms with Gasteiger partial charge in [0.05, 0.1) is 29.9 Å². The van der Waals surface area contributed by atoms with Crippen molar-refractivity contribution in [1.82, 2.24) is 9.97 Å². The molecule has 0 N–H and O–H groups in total. The van der Waals surface area contributed by atoms with Crippen LogP contribution in [0.5, 0.6) is 0 Å². The number of benzene rings is 1. The largest absolute Gasteiger partial charge is 0.353 e. The van der Waals surface area contributed by atoms with Crippen LogP contribution in [-0.4, -0.2) is 34.5 Å². The van der Waals surface area contributed by atoms with E-state index >= 15 is 0 Å². The molecule has 1 aliphatic heterocycles. The lowest BCUT2D eigenvalue weighted by Gasteiger charge is -2.30. The molecule has 0 fully saturated rings. The van der Waals surface area contributed by atoms with Gasteiger partial charge in [-0.1, -0.05) is 24.3 Å². The van der Waals surface area contributed by atoms with Crippen molar-refractivity contribution in [1.29, 1.82) is 10.5 Å². The molecule has 0 aliphatic carbocycles. The van der Waals surface area contributed by atoms with Gasteiger partial charge in [-0.2, -0.15) is 10.5 Å². The fourth-order valence-electron chi connectivity index (χ4n) is 3.36. The number of aromatic nitrogens is 2. The van der Waals surface area contributed by atoms with Crippen LogP contribution in [0.2, 0.25) is 0 Å². The molecule has 28 heavy (non-hydrogen) atoms. The zero-order valence-electron chi connectivity index (χ0n) is 15.3. The van der Waals surface area contributed by atoms with Crippen LogP contribution in [0.1, 0.15) is 24.0 Å². The van der Waals surface area contributed by atoms with E-state index in [9.17, 15) is 10.1 Å². The first-order chi connectivity index (χ1) is 13.7. The van der Waals surface area contributed by atoms with Crippen LogP contribution < -0.4 is 9.80 Å². The van der Waals surface area contributed by atoms with Gasteiger partial charge in [-0.3, -0.25) is 10.1 Å². The van der Waals surface area contributed by atoms with Crippen LogP contribution in [0.15, 0.2) is 30.6 Å². The third-order valence-corrected chi connectivity index (χ3v) is 4.68. The highest BCUT2D eigenvalue weighted by atomic mass is 16.6. The molecule has 2 aromatic rings. The van der Waals surface area contributed by atoms with Crippen molar-refractivity contribution in [3.05, 3.63) is 51.8 Å². The van der Waals surface area contributed by atoms with Crippen molar-refractivity contribution in [2.75, 3.05) is 29.4 Å². The Labute approximate surface area is 162 Å². The smallest absolute Gasteiger partial charge is 0.349 e. The molecule has 1 aliphatic rings. The normalized spacial score (nSPS) is 12.6. The molecule has 1 aromatic carbocycles. The molecule has 0 bridgehead atoms. The van der Waals surface area contributed by atoms with Crippen LogP contribution >= 0.6 is 0 Å². The quantitative estimate of drug-likeness (QED) is 0.533. The maximum Gasteiger partial charge on any atom is 0.353 e. The summed E-state index contributed by atoms with van der Waals surface area (Å²) in [6.07, 6.45) is 2.45. The minimum atomic E-state index is -0.475. The van der Waals surface area contributed by atoms with Crippen LogP contribution in [0.3, 0.4) is 0 Å². The van der Waals surface area contributed by atoms with Crippen molar-refractivity contribution in [3.63, 3.8) is 0 Å². The van der Waals surface area contributed by atoms with E-state index < -0.39 is 4.92 Å². The van der Waals surface area contributed by atoms with Gasteiger partial charge in [0.2, 0.25) is 11.6 Å². The number of rotatable bonds is 7. The summed E-state index contributed by atoms with van der Waals surface area (Å²) < 4.78 is 0. The van der Waals surface area contributed by atoms with Crippen molar-refractivity contribution in [2.45, 2.75) is 25.8 Å². The van der Waals surface area contributed by atoms with E-state index in [1.807, 2.05) is 35.2 Å². The second-order valence-electron chi connectivity index (χ2n) is 6.37. The first-order valence-corrected chi connectivity index (χ1v) is 8.95. The number of nitrogens with zero attached hydrogens (tertiary/aromatic N) is 7. The second kappa shape index (κ2) is 8.78. The summed E-state index contributed by atoms with van der Waals surface area (Å²) in [5, 5.41) is 29.7. The maximum atomic E-state index is 11.9.